The Kier molecular flexibility index (Phi) is 3.52. The molecule has 0 radical (unpaired) electrons. The average Bonchev–Trinajstić information content (AvgIpc) is 2.63. The first-order chi connectivity index (χ1) is 8.08. The van der Waals surface area contributed by atoms with E-state index in [9.17, 15) is 0 Å². The number of anilines is 2. The Morgan fingerprint density at radius 3 is 2.65 bits per heavy atom. The Balaban J connectivity index is 2.33. The van der Waals surface area contributed by atoms with Gasteiger partial charge in [-0.2, -0.15) is 0 Å². The molecule has 0 saturated carbocycles. The van der Waals surface area contributed by atoms with Crippen LogP contribution in [0, 0.1) is 6.92 Å². The zero-order valence-corrected chi connectivity index (χ0v) is 11.8. The number of nitrogens with zero attached hydrogens (tertiary/aromatic N) is 2. The Bertz CT molecular complexity index is 517. The Morgan fingerprint density at radius 2 is 2.00 bits per heavy atom. The van der Waals surface area contributed by atoms with Crippen LogP contribution in [-0.2, 0) is 0 Å². The lowest BCUT2D eigenvalue weighted by Crippen LogP contribution is -2.05. The molecule has 0 amide bonds. The van der Waals surface area contributed by atoms with E-state index in [4.69, 9.17) is 0 Å². The second-order valence-electron chi connectivity index (χ2n) is 4.31. The SMILES string of the molecule is Cc1cn(C(C)C)c(Nc2ccccc2Br)n1. The maximum atomic E-state index is 4.50. The van der Waals surface area contributed by atoms with Crippen molar-refractivity contribution in [1.29, 1.82) is 0 Å². The Labute approximate surface area is 110 Å². The molecule has 0 saturated heterocycles. The fraction of sp³-hybridized carbons (Fsp3) is 0.308. The first kappa shape index (κ1) is 12.2. The van der Waals surface area contributed by atoms with E-state index in [2.05, 4.69) is 50.8 Å². The predicted octanol–water partition coefficient (Wildman–Crippen LogP) is 4.28. The van der Waals surface area contributed by atoms with Crippen LogP contribution in [0.2, 0.25) is 0 Å². The largest absolute Gasteiger partial charge is 0.325 e. The fourth-order valence-electron chi connectivity index (χ4n) is 1.69. The minimum Gasteiger partial charge on any atom is -0.325 e. The van der Waals surface area contributed by atoms with Gasteiger partial charge in [0.1, 0.15) is 0 Å². The number of aromatic nitrogens is 2. The summed E-state index contributed by atoms with van der Waals surface area (Å²) in [6, 6.07) is 8.43. The topological polar surface area (TPSA) is 29.9 Å². The van der Waals surface area contributed by atoms with Crippen molar-refractivity contribution in [3.8, 4) is 0 Å². The number of benzene rings is 1. The predicted molar refractivity (Wildman–Crippen MR) is 74.8 cm³/mol. The van der Waals surface area contributed by atoms with Crippen LogP contribution < -0.4 is 5.32 Å². The molecular formula is C13H16BrN3. The highest BCUT2D eigenvalue weighted by Crippen LogP contribution is 2.26. The summed E-state index contributed by atoms with van der Waals surface area (Å²) in [4.78, 5) is 4.50. The van der Waals surface area contributed by atoms with Crippen LogP contribution in [0.25, 0.3) is 0 Å². The van der Waals surface area contributed by atoms with Gasteiger partial charge in [-0.05, 0) is 48.8 Å². The van der Waals surface area contributed by atoms with Crippen LogP contribution >= 0.6 is 15.9 Å². The molecule has 1 aromatic carbocycles. The third-order valence-corrected chi connectivity index (χ3v) is 3.22. The van der Waals surface area contributed by atoms with Crippen LogP contribution in [0.1, 0.15) is 25.6 Å². The van der Waals surface area contributed by atoms with Crippen LogP contribution in [0.5, 0.6) is 0 Å². The molecule has 0 aliphatic rings. The van der Waals surface area contributed by atoms with Gasteiger partial charge in [-0.25, -0.2) is 4.98 Å². The quantitative estimate of drug-likeness (QED) is 0.915. The number of nitrogens with one attached hydrogen (secondary N) is 1. The molecule has 0 bridgehead atoms. The summed E-state index contributed by atoms with van der Waals surface area (Å²) in [5.74, 6) is 0.879. The monoisotopic (exact) mass is 293 g/mol. The van der Waals surface area contributed by atoms with E-state index in [-0.39, 0.29) is 0 Å². The van der Waals surface area contributed by atoms with Crippen LogP contribution in [-0.4, -0.2) is 9.55 Å². The van der Waals surface area contributed by atoms with Crippen molar-refractivity contribution in [2.75, 3.05) is 5.32 Å². The van der Waals surface area contributed by atoms with Gasteiger partial charge in [0.15, 0.2) is 0 Å². The summed E-state index contributed by atoms with van der Waals surface area (Å²) in [6.45, 7) is 6.29. The number of aryl methyl sites for hydroxylation is 1. The van der Waals surface area contributed by atoms with Crippen molar-refractivity contribution < 1.29 is 0 Å². The highest BCUT2D eigenvalue weighted by Gasteiger charge is 2.09. The second kappa shape index (κ2) is 4.92. The van der Waals surface area contributed by atoms with Crippen LogP contribution in [0.4, 0.5) is 11.6 Å². The number of hydrogen-bond donors (Lipinski definition) is 1. The molecule has 0 spiro atoms. The van der Waals surface area contributed by atoms with E-state index >= 15 is 0 Å². The summed E-state index contributed by atoms with van der Waals surface area (Å²) < 4.78 is 3.17. The highest BCUT2D eigenvalue weighted by molar-refractivity contribution is 9.10. The summed E-state index contributed by atoms with van der Waals surface area (Å²) in [7, 11) is 0. The molecule has 1 heterocycles. The van der Waals surface area contributed by atoms with Gasteiger partial charge >= 0.3 is 0 Å². The van der Waals surface area contributed by atoms with E-state index in [1.165, 1.54) is 0 Å². The molecule has 0 aliphatic heterocycles. The molecule has 90 valence electrons. The van der Waals surface area contributed by atoms with E-state index < -0.39 is 0 Å². The summed E-state index contributed by atoms with van der Waals surface area (Å²) >= 11 is 3.52. The van der Waals surface area contributed by atoms with Crippen LogP contribution in [0.3, 0.4) is 0 Å². The molecule has 1 N–H and O–H groups in total. The Hall–Kier alpha value is -1.29. The van der Waals surface area contributed by atoms with Crippen molar-refractivity contribution in [3.05, 3.63) is 40.6 Å². The molecule has 2 rings (SSSR count). The van der Waals surface area contributed by atoms with Crippen molar-refractivity contribution in [2.45, 2.75) is 26.8 Å². The molecule has 4 heteroatoms. The lowest BCUT2D eigenvalue weighted by atomic mass is 10.3. The summed E-state index contributed by atoms with van der Waals surface area (Å²) in [6.07, 6.45) is 2.06. The minimum absolute atomic E-state index is 0.390. The zero-order valence-electron chi connectivity index (χ0n) is 10.2. The molecule has 3 nitrogen and oxygen atoms in total. The summed E-state index contributed by atoms with van der Waals surface area (Å²) in [5, 5.41) is 3.35. The molecule has 0 unspecified atom stereocenters. The Morgan fingerprint density at radius 1 is 1.29 bits per heavy atom. The van der Waals surface area contributed by atoms with Crippen molar-refractivity contribution >= 4 is 27.6 Å². The van der Waals surface area contributed by atoms with Gasteiger partial charge in [0.2, 0.25) is 5.95 Å². The molecule has 2 aromatic rings. The maximum absolute atomic E-state index is 4.50. The second-order valence-corrected chi connectivity index (χ2v) is 5.17. The zero-order chi connectivity index (χ0) is 12.4. The number of rotatable bonds is 3. The number of hydrogen-bond acceptors (Lipinski definition) is 2. The first-order valence-electron chi connectivity index (χ1n) is 5.65. The fourth-order valence-corrected chi connectivity index (χ4v) is 2.07. The molecule has 1 aromatic heterocycles. The molecule has 0 fully saturated rings. The van der Waals surface area contributed by atoms with Gasteiger partial charge in [0.05, 0.1) is 11.4 Å². The lowest BCUT2D eigenvalue weighted by molar-refractivity contribution is 0.607. The van der Waals surface area contributed by atoms with E-state index in [0.29, 0.717) is 6.04 Å². The maximum Gasteiger partial charge on any atom is 0.207 e. The molecular weight excluding hydrogens is 278 g/mol. The average molecular weight is 294 g/mol. The first-order valence-corrected chi connectivity index (χ1v) is 6.44. The normalized spacial score (nSPS) is 10.9. The highest BCUT2D eigenvalue weighted by atomic mass is 79.9. The van der Waals surface area contributed by atoms with E-state index in [1.807, 2.05) is 31.2 Å². The van der Waals surface area contributed by atoms with Crippen molar-refractivity contribution in [3.63, 3.8) is 0 Å². The number of para-hydroxylation sites is 1. The van der Waals surface area contributed by atoms with Gasteiger partial charge < -0.3 is 9.88 Å². The third kappa shape index (κ3) is 2.69. The van der Waals surface area contributed by atoms with Gasteiger partial charge in [-0.15, -0.1) is 0 Å². The van der Waals surface area contributed by atoms with Gasteiger partial charge in [-0.3, -0.25) is 0 Å². The molecule has 0 aliphatic carbocycles. The minimum atomic E-state index is 0.390. The van der Waals surface area contributed by atoms with Gasteiger partial charge in [-0.1, -0.05) is 12.1 Å². The third-order valence-electron chi connectivity index (χ3n) is 2.53. The van der Waals surface area contributed by atoms with E-state index in [1.54, 1.807) is 0 Å². The summed E-state index contributed by atoms with van der Waals surface area (Å²) in [5.41, 5.74) is 2.05. The molecule has 0 atom stereocenters. The smallest absolute Gasteiger partial charge is 0.207 e. The standard InChI is InChI=1S/C13H16BrN3/c1-9(2)17-8-10(3)15-13(17)16-12-7-5-4-6-11(12)14/h4-9H,1-3H3,(H,15,16). The van der Waals surface area contributed by atoms with Crippen LogP contribution in [0.15, 0.2) is 34.9 Å². The van der Waals surface area contributed by atoms with Crippen molar-refractivity contribution in [2.24, 2.45) is 0 Å². The lowest BCUT2D eigenvalue weighted by Gasteiger charge is -2.13. The van der Waals surface area contributed by atoms with Crippen molar-refractivity contribution in [1.82, 2.24) is 9.55 Å². The number of imidazole rings is 1. The molecule has 17 heavy (non-hydrogen) atoms. The van der Waals surface area contributed by atoms with Gasteiger partial charge in [0, 0.05) is 16.7 Å². The number of halogens is 1. The van der Waals surface area contributed by atoms with Gasteiger partial charge in [0.25, 0.3) is 0 Å². The van der Waals surface area contributed by atoms with E-state index in [0.717, 1.165) is 21.8 Å².